The summed E-state index contributed by atoms with van der Waals surface area (Å²) in [5.41, 5.74) is 3.25. The van der Waals surface area contributed by atoms with Crippen LogP contribution in [0.3, 0.4) is 0 Å². The molecule has 1 aromatic heterocycles. The molecule has 5 nitrogen and oxygen atoms in total. The third-order valence-electron chi connectivity index (χ3n) is 2.71. The van der Waals surface area contributed by atoms with E-state index in [0.717, 1.165) is 5.39 Å². The predicted molar refractivity (Wildman–Crippen MR) is 72.4 cm³/mol. The topological polar surface area (TPSA) is 77.5 Å². The summed E-state index contributed by atoms with van der Waals surface area (Å²) < 4.78 is 11.2. The van der Waals surface area contributed by atoms with E-state index in [4.69, 9.17) is 15.0 Å². The fraction of sp³-hybridized carbons (Fsp3) is 0.357. The minimum absolute atomic E-state index is 0.260. The molecule has 19 heavy (non-hydrogen) atoms. The number of hydrazine groups is 1. The molecule has 0 radical (unpaired) electrons. The molecule has 0 aliphatic rings. The average Bonchev–Trinajstić information content (AvgIpc) is 2.75. The number of benzene rings is 1. The number of hydrogen-bond acceptors (Lipinski definition) is 4. The zero-order valence-corrected chi connectivity index (χ0v) is 11.1. The van der Waals surface area contributed by atoms with Crippen molar-refractivity contribution in [2.75, 3.05) is 6.61 Å². The van der Waals surface area contributed by atoms with Gasteiger partial charge >= 0.3 is 0 Å². The third kappa shape index (κ3) is 2.94. The van der Waals surface area contributed by atoms with Crippen LogP contribution in [-0.2, 0) is 11.3 Å². The molecule has 5 heteroatoms. The van der Waals surface area contributed by atoms with Gasteiger partial charge in [-0.25, -0.2) is 5.84 Å². The smallest absolute Gasteiger partial charge is 0.269 e. The van der Waals surface area contributed by atoms with Crippen LogP contribution in [-0.4, -0.2) is 12.5 Å². The Hall–Kier alpha value is -1.85. The first-order chi connectivity index (χ1) is 9.13. The number of fused-ring (bicyclic) bond motifs is 1. The van der Waals surface area contributed by atoms with Gasteiger partial charge in [0.15, 0.2) is 0 Å². The molecule has 0 aliphatic carbocycles. The van der Waals surface area contributed by atoms with Crippen LogP contribution >= 0.6 is 0 Å². The molecule has 0 saturated heterocycles. The minimum Gasteiger partial charge on any atom is -0.458 e. The molecule has 0 saturated carbocycles. The van der Waals surface area contributed by atoms with E-state index in [1.54, 1.807) is 0 Å². The van der Waals surface area contributed by atoms with Gasteiger partial charge in [0.1, 0.15) is 18.0 Å². The molecule has 102 valence electrons. The van der Waals surface area contributed by atoms with E-state index in [9.17, 15) is 4.79 Å². The second-order valence-electron chi connectivity index (χ2n) is 4.78. The SMILES string of the molecule is CC(C)COCc1oc2ccccc2c1C(=O)NN. The van der Waals surface area contributed by atoms with E-state index in [1.165, 1.54) is 0 Å². The van der Waals surface area contributed by atoms with Crippen molar-refractivity contribution in [1.29, 1.82) is 0 Å². The number of rotatable bonds is 5. The first-order valence-electron chi connectivity index (χ1n) is 6.22. The van der Waals surface area contributed by atoms with Crippen molar-refractivity contribution in [3.05, 3.63) is 35.6 Å². The Kier molecular flexibility index (Phi) is 4.19. The number of nitrogens with two attached hydrogens (primary N) is 1. The third-order valence-corrected chi connectivity index (χ3v) is 2.71. The predicted octanol–water partition coefficient (Wildman–Crippen LogP) is 2.21. The first kappa shape index (κ1) is 13.6. The fourth-order valence-corrected chi connectivity index (χ4v) is 1.91. The van der Waals surface area contributed by atoms with Crippen LogP contribution in [0.1, 0.15) is 30.0 Å². The van der Waals surface area contributed by atoms with E-state index in [1.807, 2.05) is 24.3 Å². The lowest BCUT2D eigenvalue weighted by Gasteiger charge is -2.06. The van der Waals surface area contributed by atoms with E-state index in [0.29, 0.717) is 29.4 Å². The number of nitrogen functional groups attached to an aromatic ring is 1. The summed E-state index contributed by atoms with van der Waals surface area (Å²) in [6.45, 7) is 4.99. The number of amides is 1. The molecule has 2 rings (SSSR count). The van der Waals surface area contributed by atoms with Crippen LogP contribution in [0, 0.1) is 5.92 Å². The van der Waals surface area contributed by atoms with Crippen molar-refractivity contribution < 1.29 is 13.9 Å². The van der Waals surface area contributed by atoms with E-state index in [2.05, 4.69) is 19.3 Å². The van der Waals surface area contributed by atoms with Crippen molar-refractivity contribution in [3.8, 4) is 0 Å². The van der Waals surface area contributed by atoms with Gasteiger partial charge < -0.3 is 9.15 Å². The normalized spacial score (nSPS) is 11.2. The van der Waals surface area contributed by atoms with Crippen LogP contribution in [0.4, 0.5) is 0 Å². The highest BCUT2D eigenvalue weighted by Gasteiger charge is 2.19. The summed E-state index contributed by atoms with van der Waals surface area (Å²) in [4.78, 5) is 11.9. The molecule has 0 fully saturated rings. The second kappa shape index (κ2) is 5.86. The van der Waals surface area contributed by atoms with Crippen LogP contribution in [0.2, 0.25) is 0 Å². The molecule has 1 amide bonds. The van der Waals surface area contributed by atoms with Gasteiger partial charge in [0, 0.05) is 12.0 Å². The summed E-state index contributed by atoms with van der Waals surface area (Å²) in [5.74, 6) is 5.78. The molecule has 1 aromatic carbocycles. The number of carbonyl (C=O) groups excluding carboxylic acids is 1. The second-order valence-corrected chi connectivity index (χ2v) is 4.78. The molecule has 2 aromatic rings. The molecular formula is C14H18N2O3. The highest BCUT2D eigenvalue weighted by atomic mass is 16.5. The number of ether oxygens (including phenoxy) is 1. The van der Waals surface area contributed by atoms with Crippen LogP contribution in [0.15, 0.2) is 28.7 Å². The summed E-state index contributed by atoms with van der Waals surface area (Å²) in [5, 5.41) is 0.744. The van der Waals surface area contributed by atoms with E-state index >= 15 is 0 Å². The molecule has 0 spiro atoms. The Morgan fingerprint density at radius 2 is 2.16 bits per heavy atom. The van der Waals surface area contributed by atoms with Crippen molar-refractivity contribution >= 4 is 16.9 Å². The van der Waals surface area contributed by atoms with Gasteiger partial charge in [-0.15, -0.1) is 0 Å². The van der Waals surface area contributed by atoms with Crippen LogP contribution in [0.25, 0.3) is 11.0 Å². The summed E-state index contributed by atoms with van der Waals surface area (Å²) in [6, 6.07) is 7.35. The lowest BCUT2D eigenvalue weighted by molar-refractivity contribution is 0.0822. The Bertz CT molecular complexity index is 575. The lowest BCUT2D eigenvalue weighted by atomic mass is 10.1. The average molecular weight is 262 g/mol. The van der Waals surface area contributed by atoms with Gasteiger partial charge in [-0.1, -0.05) is 32.0 Å². The highest BCUT2D eigenvalue weighted by molar-refractivity contribution is 6.06. The van der Waals surface area contributed by atoms with Gasteiger partial charge in [-0.05, 0) is 12.0 Å². The van der Waals surface area contributed by atoms with Crippen molar-refractivity contribution in [2.45, 2.75) is 20.5 Å². The lowest BCUT2D eigenvalue weighted by Crippen LogP contribution is -2.30. The number of para-hydroxylation sites is 1. The van der Waals surface area contributed by atoms with E-state index < -0.39 is 0 Å². The first-order valence-corrected chi connectivity index (χ1v) is 6.22. The Morgan fingerprint density at radius 1 is 1.42 bits per heavy atom. The van der Waals surface area contributed by atoms with Crippen molar-refractivity contribution in [3.63, 3.8) is 0 Å². The maximum Gasteiger partial charge on any atom is 0.269 e. The van der Waals surface area contributed by atoms with Gasteiger partial charge in [-0.3, -0.25) is 10.2 Å². The fourth-order valence-electron chi connectivity index (χ4n) is 1.91. The number of carbonyl (C=O) groups is 1. The monoisotopic (exact) mass is 262 g/mol. The summed E-state index contributed by atoms with van der Waals surface area (Å²) in [7, 11) is 0. The zero-order valence-electron chi connectivity index (χ0n) is 11.1. The molecule has 0 bridgehead atoms. The maximum atomic E-state index is 11.9. The number of nitrogens with one attached hydrogen (secondary N) is 1. The highest BCUT2D eigenvalue weighted by Crippen LogP contribution is 2.26. The van der Waals surface area contributed by atoms with Gasteiger partial charge in [0.25, 0.3) is 5.91 Å². The van der Waals surface area contributed by atoms with Crippen LogP contribution in [0.5, 0.6) is 0 Å². The standard InChI is InChI=1S/C14H18N2O3/c1-9(2)7-18-8-12-13(14(17)16-15)10-5-3-4-6-11(10)19-12/h3-6,9H,7-8,15H2,1-2H3,(H,16,17). The molecule has 3 N–H and O–H groups in total. The molecule has 0 aliphatic heterocycles. The number of furan rings is 1. The van der Waals surface area contributed by atoms with Gasteiger partial charge in [0.05, 0.1) is 5.56 Å². The Morgan fingerprint density at radius 3 is 2.84 bits per heavy atom. The Labute approximate surface area is 111 Å². The van der Waals surface area contributed by atoms with Gasteiger partial charge in [0.2, 0.25) is 0 Å². The molecule has 0 unspecified atom stereocenters. The molecular weight excluding hydrogens is 244 g/mol. The zero-order chi connectivity index (χ0) is 13.8. The quantitative estimate of drug-likeness (QED) is 0.492. The Balaban J connectivity index is 2.33. The van der Waals surface area contributed by atoms with Crippen LogP contribution < -0.4 is 11.3 Å². The van der Waals surface area contributed by atoms with Gasteiger partial charge in [-0.2, -0.15) is 0 Å². The van der Waals surface area contributed by atoms with Crippen molar-refractivity contribution in [1.82, 2.24) is 5.43 Å². The summed E-state index contributed by atoms with van der Waals surface area (Å²) in [6.07, 6.45) is 0. The van der Waals surface area contributed by atoms with E-state index in [-0.39, 0.29) is 12.5 Å². The number of hydrogen-bond donors (Lipinski definition) is 2. The maximum absolute atomic E-state index is 11.9. The van der Waals surface area contributed by atoms with Crippen molar-refractivity contribution in [2.24, 2.45) is 11.8 Å². The minimum atomic E-state index is -0.368. The largest absolute Gasteiger partial charge is 0.458 e. The molecule has 1 heterocycles. The summed E-state index contributed by atoms with van der Waals surface area (Å²) >= 11 is 0. The molecule has 0 atom stereocenters.